The van der Waals surface area contributed by atoms with E-state index < -0.39 is 5.41 Å². The molecule has 1 aromatic heterocycles. The van der Waals surface area contributed by atoms with Gasteiger partial charge in [-0.1, -0.05) is 0 Å². The maximum Gasteiger partial charge on any atom is 0.238 e. The summed E-state index contributed by atoms with van der Waals surface area (Å²) in [5, 5.41) is 12.7. The molecule has 3 atom stereocenters. The summed E-state index contributed by atoms with van der Waals surface area (Å²) in [4.78, 5) is 17.6. The Morgan fingerprint density at radius 1 is 1.10 bits per heavy atom. The standard InChI is InChI=1S/C24H35N5O2/c1-24(2)20-11-21(26-27-22(20)29(23(24)30)19-3-4-19)25-18-9-16-13-28(14-17(16)10-18)12-15-5-7-31-8-6-15/h11,15-19H,3-10,12-14H2,1-2H3,(H,25,26)/t16-,17+,18+. The second-order valence-corrected chi connectivity index (χ2v) is 11.1. The van der Waals surface area contributed by atoms with Gasteiger partial charge in [-0.3, -0.25) is 9.69 Å². The fraction of sp³-hybridized carbons (Fsp3) is 0.792. The van der Waals surface area contributed by atoms with Crippen LogP contribution in [0.25, 0.3) is 0 Å². The first-order valence-electron chi connectivity index (χ1n) is 12.3. The summed E-state index contributed by atoms with van der Waals surface area (Å²) in [6.45, 7) is 9.68. The van der Waals surface area contributed by atoms with Crippen LogP contribution in [0, 0.1) is 17.8 Å². The van der Waals surface area contributed by atoms with E-state index in [1.54, 1.807) is 0 Å². The number of aromatic nitrogens is 2. The SMILES string of the molecule is CC1(C)C(=O)N(C2CC2)c2nnc(N[C@H]3C[C@@H]4CN(CC5CCOCC5)C[C@@H]4C3)cc21. The van der Waals surface area contributed by atoms with E-state index in [0.29, 0.717) is 12.1 Å². The van der Waals surface area contributed by atoms with Crippen LogP contribution in [0.15, 0.2) is 6.07 Å². The van der Waals surface area contributed by atoms with E-state index in [2.05, 4.69) is 26.5 Å². The third-order valence-corrected chi connectivity index (χ3v) is 8.38. The summed E-state index contributed by atoms with van der Waals surface area (Å²) >= 11 is 0. The van der Waals surface area contributed by atoms with Crippen LogP contribution in [0.1, 0.15) is 57.9 Å². The average molecular weight is 426 g/mol. The zero-order valence-corrected chi connectivity index (χ0v) is 18.8. The van der Waals surface area contributed by atoms with Crippen molar-refractivity contribution in [1.82, 2.24) is 15.1 Å². The van der Waals surface area contributed by atoms with E-state index in [1.165, 1.54) is 45.3 Å². The van der Waals surface area contributed by atoms with Crippen molar-refractivity contribution in [2.45, 2.75) is 69.9 Å². The number of hydrogen-bond acceptors (Lipinski definition) is 6. The lowest BCUT2D eigenvalue weighted by atomic mass is 9.87. The molecule has 1 amide bonds. The minimum atomic E-state index is -0.513. The maximum absolute atomic E-state index is 13.0. The predicted octanol–water partition coefficient (Wildman–Crippen LogP) is 2.81. The number of ether oxygens (including phenoxy) is 1. The molecule has 7 heteroatoms. The molecule has 5 aliphatic rings. The number of carbonyl (C=O) groups is 1. The summed E-state index contributed by atoms with van der Waals surface area (Å²) < 4.78 is 5.52. The summed E-state index contributed by atoms with van der Waals surface area (Å²) in [6, 6.07) is 2.89. The first-order chi connectivity index (χ1) is 15.0. The van der Waals surface area contributed by atoms with E-state index >= 15 is 0 Å². The number of likely N-dealkylation sites (tertiary alicyclic amines) is 1. The topological polar surface area (TPSA) is 70.6 Å². The fourth-order valence-corrected chi connectivity index (χ4v) is 6.44. The summed E-state index contributed by atoms with van der Waals surface area (Å²) in [6.07, 6.45) is 7.04. The largest absolute Gasteiger partial charge is 0.381 e. The predicted molar refractivity (Wildman–Crippen MR) is 119 cm³/mol. The number of hydrogen-bond donors (Lipinski definition) is 1. The van der Waals surface area contributed by atoms with Gasteiger partial charge in [-0.15, -0.1) is 10.2 Å². The Balaban J connectivity index is 1.08. The Hall–Kier alpha value is -1.73. The van der Waals surface area contributed by atoms with Crippen molar-refractivity contribution in [2.75, 3.05) is 43.1 Å². The van der Waals surface area contributed by atoms with Crippen LogP contribution in [-0.4, -0.2) is 65.9 Å². The maximum atomic E-state index is 13.0. The molecule has 0 aromatic carbocycles. The Morgan fingerprint density at radius 2 is 1.81 bits per heavy atom. The highest BCUT2D eigenvalue weighted by molar-refractivity contribution is 6.07. The molecule has 1 aromatic rings. The molecule has 2 saturated heterocycles. The Bertz CT molecular complexity index is 850. The van der Waals surface area contributed by atoms with Gasteiger partial charge in [-0.2, -0.15) is 0 Å². The minimum absolute atomic E-state index is 0.177. The van der Waals surface area contributed by atoms with Crippen molar-refractivity contribution in [3.8, 4) is 0 Å². The van der Waals surface area contributed by atoms with Crippen molar-refractivity contribution >= 4 is 17.5 Å². The molecule has 7 nitrogen and oxygen atoms in total. The van der Waals surface area contributed by atoms with Gasteiger partial charge in [0.25, 0.3) is 0 Å². The Kier molecular flexibility index (Phi) is 4.76. The van der Waals surface area contributed by atoms with E-state index in [0.717, 1.165) is 61.0 Å². The smallest absolute Gasteiger partial charge is 0.238 e. The molecule has 4 fully saturated rings. The molecule has 4 heterocycles. The van der Waals surface area contributed by atoms with Gasteiger partial charge in [0.15, 0.2) is 5.82 Å². The van der Waals surface area contributed by atoms with Gasteiger partial charge >= 0.3 is 0 Å². The van der Waals surface area contributed by atoms with Crippen LogP contribution in [0.4, 0.5) is 11.6 Å². The molecule has 2 saturated carbocycles. The lowest BCUT2D eigenvalue weighted by molar-refractivity contribution is -0.122. The van der Waals surface area contributed by atoms with E-state index in [-0.39, 0.29) is 5.91 Å². The van der Waals surface area contributed by atoms with Gasteiger partial charge in [-0.05, 0) is 76.2 Å². The molecule has 6 rings (SSSR count). The van der Waals surface area contributed by atoms with Gasteiger partial charge in [0.2, 0.25) is 5.91 Å². The summed E-state index contributed by atoms with van der Waals surface area (Å²) in [5.74, 6) is 4.21. The molecule has 2 aliphatic carbocycles. The lowest BCUT2D eigenvalue weighted by Crippen LogP contribution is -2.37. The zero-order chi connectivity index (χ0) is 21.2. The van der Waals surface area contributed by atoms with Crippen LogP contribution < -0.4 is 10.2 Å². The highest BCUT2D eigenvalue weighted by atomic mass is 16.5. The van der Waals surface area contributed by atoms with Gasteiger partial charge in [0, 0.05) is 50.5 Å². The number of nitrogens with zero attached hydrogens (tertiary/aromatic N) is 4. The monoisotopic (exact) mass is 425 g/mol. The molecular formula is C24H35N5O2. The number of rotatable bonds is 5. The number of amides is 1. The molecule has 0 radical (unpaired) electrons. The van der Waals surface area contributed by atoms with Crippen molar-refractivity contribution < 1.29 is 9.53 Å². The van der Waals surface area contributed by atoms with Crippen LogP contribution in [0.5, 0.6) is 0 Å². The second kappa shape index (κ2) is 7.41. The zero-order valence-electron chi connectivity index (χ0n) is 18.8. The number of carbonyl (C=O) groups excluding carboxylic acids is 1. The third-order valence-electron chi connectivity index (χ3n) is 8.38. The third kappa shape index (κ3) is 3.54. The molecule has 31 heavy (non-hydrogen) atoms. The summed E-state index contributed by atoms with van der Waals surface area (Å²) in [7, 11) is 0. The molecule has 3 aliphatic heterocycles. The molecular weight excluding hydrogens is 390 g/mol. The van der Waals surface area contributed by atoms with Crippen molar-refractivity contribution in [2.24, 2.45) is 17.8 Å². The van der Waals surface area contributed by atoms with Crippen LogP contribution in [0.3, 0.4) is 0 Å². The van der Waals surface area contributed by atoms with Gasteiger partial charge in [-0.25, -0.2) is 0 Å². The van der Waals surface area contributed by atoms with Crippen molar-refractivity contribution in [3.63, 3.8) is 0 Å². The first-order valence-corrected chi connectivity index (χ1v) is 12.3. The number of nitrogens with one attached hydrogen (secondary N) is 1. The first kappa shape index (κ1) is 19.9. The minimum Gasteiger partial charge on any atom is -0.381 e. The van der Waals surface area contributed by atoms with Gasteiger partial charge < -0.3 is 15.0 Å². The highest BCUT2D eigenvalue weighted by Gasteiger charge is 2.50. The summed E-state index contributed by atoms with van der Waals surface area (Å²) in [5.41, 5.74) is 0.518. The molecule has 0 spiro atoms. The normalized spacial score (nSPS) is 33.0. The lowest BCUT2D eigenvalue weighted by Gasteiger charge is -2.27. The second-order valence-electron chi connectivity index (χ2n) is 11.1. The number of fused-ring (bicyclic) bond motifs is 2. The van der Waals surface area contributed by atoms with Gasteiger partial charge in [0.05, 0.1) is 5.41 Å². The Morgan fingerprint density at radius 3 is 2.48 bits per heavy atom. The van der Waals surface area contributed by atoms with Crippen molar-refractivity contribution in [3.05, 3.63) is 11.6 Å². The molecule has 1 N–H and O–H groups in total. The van der Waals surface area contributed by atoms with E-state index in [9.17, 15) is 4.79 Å². The van der Waals surface area contributed by atoms with Crippen LogP contribution in [-0.2, 0) is 14.9 Å². The molecule has 0 bridgehead atoms. The average Bonchev–Trinajstić information content (AvgIpc) is 3.37. The highest BCUT2D eigenvalue weighted by Crippen LogP contribution is 2.46. The van der Waals surface area contributed by atoms with Crippen LogP contribution in [0.2, 0.25) is 0 Å². The van der Waals surface area contributed by atoms with Gasteiger partial charge in [0.1, 0.15) is 5.82 Å². The Labute approximate surface area is 184 Å². The number of anilines is 2. The molecule has 0 unspecified atom stereocenters. The quantitative estimate of drug-likeness (QED) is 0.782. The van der Waals surface area contributed by atoms with E-state index in [4.69, 9.17) is 4.74 Å². The van der Waals surface area contributed by atoms with Crippen LogP contribution >= 0.6 is 0 Å². The van der Waals surface area contributed by atoms with Crippen molar-refractivity contribution in [1.29, 1.82) is 0 Å². The van der Waals surface area contributed by atoms with E-state index in [1.807, 2.05) is 18.7 Å². The molecule has 168 valence electrons. The fourth-order valence-electron chi connectivity index (χ4n) is 6.44.